The van der Waals surface area contributed by atoms with E-state index in [1.165, 1.54) is 11.3 Å². The molecule has 1 atom stereocenters. The van der Waals surface area contributed by atoms with Gasteiger partial charge in [-0.2, -0.15) is 0 Å². The molecule has 0 fully saturated rings. The van der Waals surface area contributed by atoms with Crippen molar-refractivity contribution in [3.8, 4) is 0 Å². The maximum atomic E-state index is 8.14. The minimum atomic E-state index is -0.140. The fourth-order valence-electron chi connectivity index (χ4n) is 0.691. The van der Waals surface area contributed by atoms with Crippen LogP contribution >= 0.6 is 11.3 Å². The third kappa shape index (κ3) is 4.99. The van der Waals surface area contributed by atoms with E-state index < -0.39 is 0 Å². The first-order chi connectivity index (χ1) is 6.65. The molecule has 0 saturated carbocycles. The zero-order chi connectivity index (χ0) is 11.0. The molecule has 0 saturated heterocycles. The second kappa shape index (κ2) is 7.53. The van der Waals surface area contributed by atoms with Gasteiger partial charge in [0.15, 0.2) is 0 Å². The summed E-state index contributed by atoms with van der Waals surface area (Å²) in [7, 11) is 10.0. The molecule has 0 aliphatic heterocycles. The van der Waals surface area contributed by atoms with Crippen LogP contribution < -0.4 is 0 Å². The molecular weight excluding hydrogens is 193 g/mol. The number of thiazole rings is 1. The molecule has 1 aromatic heterocycles. The van der Waals surface area contributed by atoms with E-state index in [2.05, 4.69) is 30.5 Å². The van der Waals surface area contributed by atoms with Crippen molar-refractivity contribution in [2.45, 2.75) is 19.9 Å². The lowest BCUT2D eigenvalue weighted by Gasteiger charge is -1.95. The maximum Gasteiger partial charge on any atom is 0.101 e. The van der Waals surface area contributed by atoms with Crippen LogP contribution in [0.25, 0.3) is 10.4 Å². The molecule has 0 bridgehead atoms. The molecule has 0 amide bonds. The molecule has 4 nitrogen and oxygen atoms in total. The van der Waals surface area contributed by atoms with Gasteiger partial charge in [0, 0.05) is 38.5 Å². The molecule has 1 rings (SSSR count). The average molecular weight is 201 g/mol. The molecular formula is C6H8B3N4S. The Morgan fingerprint density at radius 2 is 2.29 bits per heavy atom. The summed E-state index contributed by atoms with van der Waals surface area (Å²) >= 11 is 1.52. The Bertz CT molecular complexity index is 310. The summed E-state index contributed by atoms with van der Waals surface area (Å²) in [6.45, 7) is 3.75. The van der Waals surface area contributed by atoms with Gasteiger partial charge in [0.1, 0.15) is 5.01 Å². The summed E-state index contributed by atoms with van der Waals surface area (Å²) in [4.78, 5) is 6.90. The van der Waals surface area contributed by atoms with Gasteiger partial charge < -0.3 is 0 Å². The normalized spacial score (nSPS) is 10.4. The highest BCUT2D eigenvalue weighted by Gasteiger charge is 2.05. The van der Waals surface area contributed by atoms with Crippen LogP contribution in [0.3, 0.4) is 0 Å². The van der Waals surface area contributed by atoms with E-state index >= 15 is 0 Å². The van der Waals surface area contributed by atoms with Crippen LogP contribution in [0.2, 0.25) is 0 Å². The molecule has 0 N–H and O–H groups in total. The van der Waals surface area contributed by atoms with Crippen LogP contribution in [0, 0.1) is 6.92 Å². The van der Waals surface area contributed by atoms with Crippen LogP contribution in [0.4, 0.5) is 0 Å². The SMILES string of the molecule is Cc1csc(C(C)N=[N+]=[N-])n1.[B][B][B]. The fourth-order valence-corrected chi connectivity index (χ4v) is 1.48. The second-order valence-electron chi connectivity index (χ2n) is 2.40. The van der Waals surface area contributed by atoms with Crippen LogP contribution in [0.1, 0.15) is 23.7 Å². The number of nitrogens with zero attached hydrogens (tertiary/aromatic N) is 4. The summed E-state index contributed by atoms with van der Waals surface area (Å²) in [5.74, 6) is 0. The fraction of sp³-hybridized carbons (Fsp3) is 0.500. The van der Waals surface area contributed by atoms with Crippen LogP contribution in [0.15, 0.2) is 10.5 Å². The minimum Gasteiger partial charge on any atom is -0.246 e. The van der Waals surface area contributed by atoms with Gasteiger partial charge in [-0.15, -0.1) is 11.3 Å². The number of rotatable bonds is 2. The van der Waals surface area contributed by atoms with Crippen LogP contribution in [-0.4, -0.2) is 27.5 Å². The molecule has 0 aliphatic carbocycles. The maximum absolute atomic E-state index is 8.14. The van der Waals surface area contributed by atoms with Gasteiger partial charge in [0.25, 0.3) is 0 Å². The third-order valence-electron chi connectivity index (χ3n) is 1.22. The van der Waals surface area contributed by atoms with Crippen molar-refractivity contribution in [2.24, 2.45) is 5.11 Å². The summed E-state index contributed by atoms with van der Waals surface area (Å²) in [5.41, 5.74) is 9.12. The number of hydrogen-bond acceptors (Lipinski definition) is 3. The molecule has 5 radical (unpaired) electrons. The van der Waals surface area contributed by atoms with Gasteiger partial charge in [-0.1, -0.05) is 12.0 Å². The lowest BCUT2D eigenvalue weighted by Crippen LogP contribution is -1.85. The van der Waals surface area contributed by atoms with Crippen molar-refractivity contribution >= 4 is 33.9 Å². The van der Waals surface area contributed by atoms with Gasteiger partial charge in [-0.25, -0.2) is 4.98 Å². The minimum absolute atomic E-state index is 0.140. The molecule has 8 heteroatoms. The monoisotopic (exact) mass is 201 g/mol. The van der Waals surface area contributed by atoms with E-state index in [0.717, 1.165) is 17.8 Å². The Hall–Kier alpha value is -0.865. The van der Waals surface area contributed by atoms with Crippen LogP contribution in [-0.2, 0) is 0 Å². The van der Waals surface area contributed by atoms with Gasteiger partial charge in [0.2, 0.25) is 0 Å². The first-order valence-electron chi connectivity index (χ1n) is 3.87. The summed E-state index contributed by atoms with van der Waals surface area (Å²) in [5, 5.41) is 6.36. The first-order valence-corrected chi connectivity index (χ1v) is 4.75. The van der Waals surface area contributed by atoms with Gasteiger partial charge >= 0.3 is 0 Å². The largest absolute Gasteiger partial charge is 0.246 e. The van der Waals surface area contributed by atoms with E-state index in [1.54, 1.807) is 0 Å². The molecule has 14 heavy (non-hydrogen) atoms. The molecule has 0 aliphatic rings. The van der Waals surface area contributed by atoms with E-state index in [4.69, 9.17) is 5.53 Å². The smallest absolute Gasteiger partial charge is 0.101 e. The van der Waals surface area contributed by atoms with Gasteiger partial charge in [-0.05, 0) is 12.5 Å². The third-order valence-corrected chi connectivity index (χ3v) is 2.35. The Morgan fingerprint density at radius 1 is 1.71 bits per heavy atom. The predicted octanol–water partition coefficient (Wildman–Crippen LogP) is 1.68. The van der Waals surface area contributed by atoms with Crippen LogP contribution in [0.5, 0.6) is 0 Å². The molecule has 1 aromatic rings. The predicted molar refractivity (Wildman–Crippen MR) is 61.7 cm³/mol. The molecule has 0 spiro atoms. The lowest BCUT2D eigenvalue weighted by molar-refractivity contribution is 0.793. The highest BCUT2D eigenvalue weighted by Crippen LogP contribution is 2.20. The summed E-state index contributed by atoms with van der Waals surface area (Å²) in [6.07, 6.45) is 0. The lowest BCUT2D eigenvalue weighted by atomic mass is 9.40. The molecule has 67 valence electrons. The zero-order valence-electron chi connectivity index (χ0n) is 8.08. The van der Waals surface area contributed by atoms with Crippen molar-refractivity contribution in [2.75, 3.05) is 0 Å². The first kappa shape index (κ1) is 13.1. The van der Waals surface area contributed by atoms with E-state index in [9.17, 15) is 0 Å². The van der Waals surface area contributed by atoms with E-state index in [1.807, 2.05) is 19.2 Å². The molecule has 1 unspecified atom stereocenters. The van der Waals surface area contributed by atoms with Crippen molar-refractivity contribution in [3.63, 3.8) is 0 Å². The van der Waals surface area contributed by atoms with E-state index in [0.29, 0.717) is 0 Å². The van der Waals surface area contributed by atoms with Gasteiger partial charge in [0.05, 0.1) is 6.04 Å². The topological polar surface area (TPSA) is 61.7 Å². The van der Waals surface area contributed by atoms with Crippen molar-refractivity contribution in [3.05, 3.63) is 26.5 Å². The zero-order valence-corrected chi connectivity index (χ0v) is 8.90. The van der Waals surface area contributed by atoms with Gasteiger partial charge in [-0.3, -0.25) is 0 Å². The Labute approximate surface area is 90.8 Å². The summed E-state index contributed by atoms with van der Waals surface area (Å²) in [6, 6.07) is -0.140. The van der Waals surface area contributed by atoms with Crippen molar-refractivity contribution < 1.29 is 0 Å². The number of aromatic nitrogens is 1. The van der Waals surface area contributed by atoms with Crippen molar-refractivity contribution in [1.82, 2.24) is 4.98 Å². The average Bonchev–Trinajstić information content (AvgIpc) is 2.54. The number of aryl methyl sites for hydroxylation is 1. The second-order valence-corrected chi connectivity index (χ2v) is 3.29. The van der Waals surface area contributed by atoms with E-state index in [-0.39, 0.29) is 6.04 Å². The number of azide groups is 1. The quantitative estimate of drug-likeness (QED) is 0.310. The Kier molecular flexibility index (Phi) is 7.07. The highest BCUT2D eigenvalue weighted by molar-refractivity contribution is 7.17. The highest BCUT2D eigenvalue weighted by atomic mass is 32.1. The molecule has 0 aromatic carbocycles. The Morgan fingerprint density at radius 3 is 2.64 bits per heavy atom. The van der Waals surface area contributed by atoms with Crippen molar-refractivity contribution in [1.29, 1.82) is 0 Å². The standard InChI is InChI=1S/C6H8N4S.B3/c1-4-3-11-6(8-4)5(2)9-10-7;1-3-2/h3,5H,1-2H3;. The Balaban J connectivity index is 0.000000500. The summed E-state index contributed by atoms with van der Waals surface area (Å²) < 4.78 is 0. The molecule has 1 heterocycles. The number of hydrogen-bond donors (Lipinski definition) is 0.